The van der Waals surface area contributed by atoms with E-state index in [9.17, 15) is 9.59 Å². The van der Waals surface area contributed by atoms with E-state index >= 15 is 0 Å². The molecule has 0 aliphatic heterocycles. The lowest BCUT2D eigenvalue weighted by Crippen LogP contribution is -2.15. The lowest BCUT2D eigenvalue weighted by Gasteiger charge is -2.09. The molecule has 0 radical (unpaired) electrons. The van der Waals surface area contributed by atoms with Gasteiger partial charge < -0.3 is 15.0 Å². The van der Waals surface area contributed by atoms with Crippen LogP contribution in [0.1, 0.15) is 23.0 Å². The van der Waals surface area contributed by atoms with Crippen LogP contribution in [0.15, 0.2) is 36.5 Å². The van der Waals surface area contributed by atoms with Crippen LogP contribution < -0.4 is 5.32 Å². The molecule has 22 heavy (non-hydrogen) atoms. The minimum absolute atomic E-state index is 0.249. The van der Waals surface area contributed by atoms with E-state index in [1.807, 2.05) is 12.1 Å². The number of hydrogen-bond donors (Lipinski definition) is 2. The van der Waals surface area contributed by atoms with Gasteiger partial charge in [0.15, 0.2) is 0 Å². The van der Waals surface area contributed by atoms with Crippen LogP contribution in [0.4, 0.5) is 5.69 Å². The first kappa shape index (κ1) is 16.1. The molecular weight excluding hydrogens is 304 g/mol. The number of carboxylic acids is 1. The van der Waals surface area contributed by atoms with E-state index in [1.54, 1.807) is 42.9 Å². The number of carboxylic acid groups (broad SMARTS) is 1. The summed E-state index contributed by atoms with van der Waals surface area (Å²) in [6.45, 7) is 1.66. The number of rotatable bonds is 5. The van der Waals surface area contributed by atoms with Crippen LogP contribution in [-0.2, 0) is 18.3 Å². The SMILES string of the molecule is CC(Cc1ccc(NC(=O)c2cc(Cl)cn2C)cc1)C(=O)O. The van der Waals surface area contributed by atoms with E-state index in [2.05, 4.69) is 5.32 Å². The molecule has 2 N–H and O–H groups in total. The highest BCUT2D eigenvalue weighted by Crippen LogP contribution is 2.17. The molecule has 1 amide bonds. The maximum atomic E-state index is 12.1. The molecule has 0 saturated heterocycles. The minimum atomic E-state index is -0.821. The Morgan fingerprint density at radius 2 is 1.95 bits per heavy atom. The van der Waals surface area contributed by atoms with Gasteiger partial charge in [-0.2, -0.15) is 0 Å². The molecule has 2 aromatic rings. The molecule has 5 nitrogen and oxygen atoms in total. The van der Waals surface area contributed by atoms with Gasteiger partial charge in [0.1, 0.15) is 5.69 Å². The number of carbonyl (C=O) groups excluding carboxylic acids is 1. The van der Waals surface area contributed by atoms with Crippen molar-refractivity contribution in [3.05, 3.63) is 52.8 Å². The molecule has 0 bridgehead atoms. The van der Waals surface area contributed by atoms with Gasteiger partial charge in [-0.15, -0.1) is 0 Å². The van der Waals surface area contributed by atoms with Gasteiger partial charge in [0, 0.05) is 18.9 Å². The van der Waals surface area contributed by atoms with Crippen molar-refractivity contribution in [1.82, 2.24) is 4.57 Å². The molecule has 0 fully saturated rings. The van der Waals surface area contributed by atoms with E-state index in [0.29, 0.717) is 22.8 Å². The fourth-order valence-corrected chi connectivity index (χ4v) is 2.36. The molecule has 0 saturated carbocycles. The third kappa shape index (κ3) is 3.89. The van der Waals surface area contributed by atoms with Crippen LogP contribution in [-0.4, -0.2) is 21.6 Å². The van der Waals surface area contributed by atoms with E-state index < -0.39 is 11.9 Å². The molecule has 1 aromatic heterocycles. The monoisotopic (exact) mass is 320 g/mol. The third-order valence-electron chi connectivity index (χ3n) is 3.38. The highest BCUT2D eigenvalue weighted by Gasteiger charge is 2.13. The number of carbonyl (C=O) groups is 2. The van der Waals surface area contributed by atoms with Crippen molar-refractivity contribution < 1.29 is 14.7 Å². The van der Waals surface area contributed by atoms with Gasteiger partial charge in [-0.05, 0) is 30.2 Å². The number of halogens is 1. The molecule has 0 aliphatic carbocycles. The average molecular weight is 321 g/mol. The molecule has 1 heterocycles. The lowest BCUT2D eigenvalue weighted by molar-refractivity contribution is -0.141. The van der Waals surface area contributed by atoms with Crippen molar-refractivity contribution in [3.63, 3.8) is 0 Å². The van der Waals surface area contributed by atoms with Crippen molar-refractivity contribution in [3.8, 4) is 0 Å². The maximum Gasteiger partial charge on any atom is 0.306 e. The summed E-state index contributed by atoms with van der Waals surface area (Å²) >= 11 is 5.86. The number of anilines is 1. The average Bonchev–Trinajstić information content (AvgIpc) is 2.79. The number of aryl methyl sites for hydroxylation is 1. The molecule has 2 rings (SSSR count). The van der Waals surface area contributed by atoms with Crippen LogP contribution in [0.5, 0.6) is 0 Å². The second-order valence-corrected chi connectivity index (χ2v) is 5.69. The molecule has 1 atom stereocenters. The normalized spacial score (nSPS) is 12.0. The second kappa shape index (κ2) is 6.66. The summed E-state index contributed by atoms with van der Waals surface area (Å²) in [5, 5.41) is 12.2. The zero-order chi connectivity index (χ0) is 16.3. The smallest absolute Gasteiger partial charge is 0.306 e. The molecule has 6 heteroatoms. The Labute approximate surface area is 133 Å². The summed E-state index contributed by atoms with van der Waals surface area (Å²) in [7, 11) is 1.75. The number of benzene rings is 1. The number of amides is 1. The summed E-state index contributed by atoms with van der Waals surface area (Å²) in [4.78, 5) is 23.0. The Hall–Kier alpha value is -2.27. The van der Waals surface area contributed by atoms with E-state index in [0.717, 1.165) is 5.56 Å². The van der Waals surface area contributed by atoms with Gasteiger partial charge in [-0.3, -0.25) is 9.59 Å². The molecule has 1 aromatic carbocycles. The molecule has 0 aliphatic rings. The first-order chi connectivity index (χ1) is 10.4. The first-order valence-electron chi connectivity index (χ1n) is 6.82. The predicted molar refractivity (Wildman–Crippen MR) is 85.3 cm³/mol. The lowest BCUT2D eigenvalue weighted by atomic mass is 10.0. The Morgan fingerprint density at radius 1 is 1.32 bits per heavy atom. The minimum Gasteiger partial charge on any atom is -0.481 e. The predicted octanol–water partition coefficient (Wildman–Crippen LogP) is 3.19. The summed E-state index contributed by atoms with van der Waals surface area (Å²) in [5.41, 5.74) is 2.03. The fraction of sp³-hybridized carbons (Fsp3) is 0.250. The molecular formula is C16H17ClN2O3. The number of hydrogen-bond acceptors (Lipinski definition) is 2. The van der Waals surface area contributed by atoms with Crippen molar-refractivity contribution in [2.24, 2.45) is 13.0 Å². The first-order valence-corrected chi connectivity index (χ1v) is 7.19. The Morgan fingerprint density at radius 3 is 2.45 bits per heavy atom. The third-order valence-corrected chi connectivity index (χ3v) is 3.59. The molecule has 116 valence electrons. The van der Waals surface area contributed by atoms with Crippen molar-refractivity contribution in [1.29, 1.82) is 0 Å². The highest BCUT2D eigenvalue weighted by molar-refractivity contribution is 6.31. The van der Waals surface area contributed by atoms with Crippen LogP contribution in [0, 0.1) is 5.92 Å². The number of aromatic nitrogens is 1. The van der Waals surface area contributed by atoms with E-state index in [4.69, 9.17) is 16.7 Å². The summed E-state index contributed by atoms with van der Waals surface area (Å²) in [6, 6.07) is 8.73. The number of nitrogens with one attached hydrogen (secondary N) is 1. The Kier molecular flexibility index (Phi) is 4.88. The second-order valence-electron chi connectivity index (χ2n) is 5.25. The highest BCUT2D eigenvalue weighted by atomic mass is 35.5. The van der Waals surface area contributed by atoms with Crippen molar-refractivity contribution in [2.75, 3.05) is 5.32 Å². The standard InChI is InChI=1S/C16H17ClN2O3/c1-10(16(21)22)7-11-3-5-13(6-4-11)18-15(20)14-8-12(17)9-19(14)2/h3-6,8-10H,7H2,1-2H3,(H,18,20)(H,21,22). The van der Waals surface area contributed by atoms with Crippen LogP contribution in [0.3, 0.4) is 0 Å². The van der Waals surface area contributed by atoms with Gasteiger partial charge in [0.25, 0.3) is 5.91 Å². The van der Waals surface area contributed by atoms with Gasteiger partial charge in [0.2, 0.25) is 0 Å². The molecule has 1 unspecified atom stereocenters. The molecule has 0 spiro atoms. The van der Waals surface area contributed by atoms with Crippen molar-refractivity contribution in [2.45, 2.75) is 13.3 Å². The zero-order valence-corrected chi connectivity index (χ0v) is 13.1. The summed E-state index contributed by atoms with van der Waals surface area (Å²) in [6.07, 6.45) is 2.11. The van der Waals surface area contributed by atoms with Gasteiger partial charge in [-0.25, -0.2) is 0 Å². The zero-order valence-electron chi connectivity index (χ0n) is 12.3. The largest absolute Gasteiger partial charge is 0.481 e. The van der Waals surface area contributed by atoms with Crippen molar-refractivity contribution >= 4 is 29.2 Å². The topological polar surface area (TPSA) is 71.3 Å². The summed E-state index contributed by atoms with van der Waals surface area (Å²) in [5.74, 6) is -1.51. The van der Waals surface area contributed by atoms with E-state index in [-0.39, 0.29) is 5.91 Å². The van der Waals surface area contributed by atoms with Crippen LogP contribution in [0.25, 0.3) is 0 Å². The quantitative estimate of drug-likeness (QED) is 0.888. The summed E-state index contributed by atoms with van der Waals surface area (Å²) < 4.78 is 1.65. The number of nitrogens with zero attached hydrogens (tertiary/aromatic N) is 1. The van der Waals surface area contributed by atoms with Crippen LogP contribution >= 0.6 is 11.6 Å². The fourth-order valence-electron chi connectivity index (χ4n) is 2.11. The van der Waals surface area contributed by atoms with E-state index in [1.165, 1.54) is 0 Å². The maximum absolute atomic E-state index is 12.1. The van der Waals surface area contributed by atoms with Crippen LogP contribution in [0.2, 0.25) is 5.02 Å². The van der Waals surface area contributed by atoms with Gasteiger partial charge >= 0.3 is 5.97 Å². The van der Waals surface area contributed by atoms with Gasteiger partial charge in [0.05, 0.1) is 10.9 Å². The van der Waals surface area contributed by atoms with Gasteiger partial charge in [-0.1, -0.05) is 30.7 Å². The number of aliphatic carboxylic acids is 1. The Bertz CT molecular complexity index is 692. The Balaban J connectivity index is 2.03.